The van der Waals surface area contributed by atoms with Crippen molar-refractivity contribution in [2.24, 2.45) is 0 Å². The molecule has 1 aromatic heterocycles. The van der Waals surface area contributed by atoms with E-state index in [1.807, 2.05) is 19.1 Å². The topological polar surface area (TPSA) is 104 Å². The van der Waals surface area contributed by atoms with Crippen molar-refractivity contribution in [2.45, 2.75) is 19.9 Å². The van der Waals surface area contributed by atoms with Crippen LogP contribution in [-0.4, -0.2) is 38.2 Å². The number of H-pyrrole nitrogens is 1. The van der Waals surface area contributed by atoms with Gasteiger partial charge in [0.15, 0.2) is 5.82 Å². The number of benzene rings is 1. The predicted molar refractivity (Wildman–Crippen MR) is 75.1 cm³/mol. The zero-order chi connectivity index (χ0) is 15.1. The lowest BCUT2D eigenvalue weighted by atomic mass is 10.0. The Morgan fingerprint density at radius 3 is 3.05 bits per heavy atom. The molecule has 7 nitrogen and oxygen atoms in total. The van der Waals surface area contributed by atoms with Crippen molar-refractivity contribution >= 4 is 5.91 Å². The van der Waals surface area contributed by atoms with Gasteiger partial charge in [0.25, 0.3) is 5.91 Å². The number of amides is 1. The maximum atomic E-state index is 12.2. The summed E-state index contributed by atoms with van der Waals surface area (Å²) >= 11 is 0. The number of aliphatic hydroxyl groups is 1. The molecule has 2 rings (SSSR count). The number of rotatable bonds is 4. The summed E-state index contributed by atoms with van der Waals surface area (Å²) < 4.78 is 0. The molecule has 3 N–H and O–H groups in total. The Hall–Kier alpha value is -2.72. The number of aliphatic hydroxyl groups excluding tert-OH is 1. The highest BCUT2D eigenvalue weighted by molar-refractivity contribution is 5.96. The summed E-state index contributed by atoms with van der Waals surface area (Å²) in [7, 11) is 0. The molecule has 0 fully saturated rings. The summed E-state index contributed by atoms with van der Waals surface area (Å²) in [6.07, 6.45) is 0.373. The molecule has 0 unspecified atom stereocenters. The van der Waals surface area contributed by atoms with Gasteiger partial charge in [0.2, 0.25) is 0 Å². The number of carbonyl (C=O) groups is 1. The molecule has 0 saturated heterocycles. The monoisotopic (exact) mass is 285 g/mol. The summed E-state index contributed by atoms with van der Waals surface area (Å²) in [5.41, 5.74) is 2.13. The van der Waals surface area contributed by atoms with Gasteiger partial charge in [0.1, 0.15) is 0 Å². The van der Waals surface area contributed by atoms with Crippen LogP contribution < -0.4 is 5.32 Å². The van der Waals surface area contributed by atoms with E-state index in [1.165, 1.54) is 0 Å². The molecule has 0 saturated carbocycles. The van der Waals surface area contributed by atoms with Crippen LogP contribution >= 0.6 is 0 Å². The first kappa shape index (κ1) is 14.7. The van der Waals surface area contributed by atoms with Crippen molar-refractivity contribution in [1.82, 2.24) is 25.9 Å². The number of aromatic amines is 1. The summed E-state index contributed by atoms with van der Waals surface area (Å²) in [6, 6.07) is 5.41. The summed E-state index contributed by atoms with van der Waals surface area (Å²) in [5, 5.41) is 24.7. The van der Waals surface area contributed by atoms with Crippen molar-refractivity contribution in [3.63, 3.8) is 0 Å². The van der Waals surface area contributed by atoms with Crippen LogP contribution in [0, 0.1) is 18.8 Å². The first-order valence-electron chi connectivity index (χ1n) is 6.41. The second-order valence-corrected chi connectivity index (χ2v) is 4.34. The number of aromatic nitrogens is 4. The minimum atomic E-state index is -0.256. The van der Waals surface area contributed by atoms with E-state index in [1.54, 1.807) is 6.07 Å². The molecule has 1 aromatic carbocycles. The van der Waals surface area contributed by atoms with Crippen LogP contribution in [0.2, 0.25) is 0 Å². The van der Waals surface area contributed by atoms with Crippen LogP contribution in [0.1, 0.15) is 33.7 Å². The molecule has 0 radical (unpaired) electrons. The van der Waals surface area contributed by atoms with Crippen LogP contribution in [0.3, 0.4) is 0 Å². The molecule has 1 heterocycles. The molecular formula is C14H15N5O2. The van der Waals surface area contributed by atoms with E-state index in [2.05, 4.69) is 37.8 Å². The molecule has 0 aliphatic carbocycles. The first-order valence-corrected chi connectivity index (χ1v) is 6.41. The van der Waals surface area contributed by atoms with Gasteiger partial charge >= 0.3 is 0 Å². The average molecular weight is 285 g/mol. The van der Waals surface area contributed by atoms with E-state index in [9.17, 15) is 4.79 Å². The maximum absolute atomic E-state index is 12.2. The number of tetrazole rings is 1. The predicted octanol–water partition coefficient (Wildman–Crippen LogP) is 0.172. The molecule has 0 spiro atoms. The van der Waals surface area contributed by atoms with Gasteiger partial charge in [-0.25, -0.2) is 0 Å². The van der Waals surface area contributed by atoms with Crippen LogP contribution in [0.5, 0.6) is 0 Å². The standard InChI is InChI=1S/C14H15N5O2/c1-10-5-6-12(11(8-10)4-2-3-7-20)14(21)15-9-13-16-18-19-17-13/h5-6,8,20H,3,7,9H2,1H3,(H,15,21)(H,16,17,18,19). The van der Waals surface area contributed by atoms with Crippen molar-refractivity contribution in [2.75, 3.05) is 6.61 Å². The van der Waals surface area contributed by atoms with Gasteiger partial charge in [0.05, 0.1) is 18.7 Å². The molecule has 108 valence electrons. The van der Waals surface area contributed by atoms with Crippen LogP contribution in [0.4, 0.5) is 0 Å². The Morgan fingerprint density at radius 2 is 2.33 bits per heavy atom. The highest BCUT2D eigenvalue weighted by atomic mass is 16.2. The molecule has 0 aliphatic rings. The molecule has 0 aliphatic heterocycles. The average Bonchev–Trinajstić information content (AvgIpc) is 2.98. The Morgan fingerprint density at radius 1 is 1.48 bits per heavy atom. The van der Waals surface area contributed by atoms with Gasteiger partial charge in [-0.1, -0.05) is 23.1 Å². The third-order valence-corrected chi connectivity index (χ3v) is 2.68. The normalized spacial score (nSPS) is 9.81. The number of hydrogen-bond donors (Lipinski definition) is 3. The number of carbonyl (C=O) groups excluding carboxylic acids is 1. The summed E-state index contributed by atoms with van der Waals surface area (Å²) in [5.74, 6) is 5.88. The van der Waals surface area contributed by atoms with Crippen molar-refractivity contribution in [3.8, 4) is 11.8 Å². The Labute approximate surface area is 121 Å². The fraction of sp³-hybridized carbons (Fsp3) is 0.286. The third-order valence-electron chi connectivity index (χ3n) is 2.68. The van der Waals surface area contributed by atoms with Crippen LogP contribution in [0.25, 0.3) is 0 Å². The largest absolute Gasteiger partial charge is 0.395 e. The quantitative estimate of drug-likeness (QED) is 0.695. The van der Waals surface area contributed by atoms with E-state index >= 15 is 0 Å². The smallest absolute Gasteiger partial charge is 0.252 e. The fourth-order valence-electron chi connectivity index (χ4n) is 1.69. The number of nitrogens with one attached hydrogen (secondary N) is 2. The number of nitrogens with zero attached hydrogens (tertiary/aromatic N) is 3. The van der Waals surface area contributed by atoms with Gasteiger partial charge in [-0.15, -0.1) is 10.2 Å². The van der Waals surface area contributed by atoms with Crippen LogP contribution in [0.15, 0.2) is 18.2 Å². The number of hydrogen-bond acceptors (Lipinski definition) is 5. The Kier molecular flexibility index (Phi) is 5.01. The highest BCUT2D eigenvalue weighted by Crippen LogP contribution is 2.11. The van der Waals surface area contributed by atoms with Crippen LogP contribution in [-0.2, 0) is 6.54 Å². The van der Waals surface area contributed by atoms with Gasteiger partial charge in [-0.3, -0.25) is 4.79 Å². The fourth-order valence-corrected chi connectivity index (χ4v) is 1.69. The Bertz CT molecular complexity index is 670. The van der Waals surface area contributed by atoms with Crippen molar-refractivity contribution in [1.29, 1.82) is 0 Å². The summed E-state index contributed by atoms with van der Waals surface area (Å²) in [4.78, 5) is 12.2. The SMILES string of the molecule is Cc1ccc(C(=O)NCc2nn[nH]n2)c(C#CCCO)c1. The molecule has 0 bridgehead atoms. The zero-order valence-corrected chi connectivity index (χ0v) is 11.6. The number of aryl methyl sites for hydroxylation is 1. The Balaban J connectivity index is 2.14. The second kappa shape index (κ2) is 7.17. The van der Waals surface area contributed by atoms with Gasteiger partial charge in [-0.2, -0.15) is 5.21 Å². The van der Waals surface area contributed by atoms with Crippen molar-refractivity contribution in [3.05, 3.63) is 40.7 Å². The molecule has 1 amide bonds. The van der Waals surface area contributed by atoms with E-state index < -0.39 is 0 Å². The third kappa shape index (κ3) is 4.12. The van der Waals surface area contributed by atoms with Crippen molar-refractivity contribution < 1.29 is 9.90 Å². The van der Waals surface area contributed by atoms with E-state index in [0.29, 0.717) is 23.4 Å². The molecule has 21 heavy (non-hydrogen) atoms. The second-order valence-electron chi connectivity index (χ2n) is 4.34. The molecule has 0 atom stereocenters. The van der Waals surface area contributed by atoms with Gasteiger partial charge < -0.3 is 10.4 Å². The highest BCUT2D eigenvalue weighted by Gasteiger charge is 2.11. The van der Waals surface area contributed by atoms with E-state index in [0.717, 1.165) is 5.56 Å². The van der Waals surface area contributed by atoms with Gasteiger partial charge in [0, 0.05) is 12.0 Å². The lowest BCUT2D eigenvalue weighted by molar-refractivity contribution is 0.0949. The maximum Gasteiger partial charge on any atom is 0.252 e. The lowest BCUT2D eigenvalue weighted by Crippen LogP contribution is -2.24. The first-order chi connectivity index (χ1) is 10.2. The zero-order valence-electron chi connectivity index (χ0n) is 11.6. The minimum Gasteiger partial charge on any atom is -0.395 e. The van der Waals surface area contributed by atoms with E-state index in [-0.39, 0.29) is 19.1 Å². The van der Waals surface area contributed by atoms with E-state index in [4.69, 9.17) is 5.11 Å². The molecular weight excluding hydrogens is 270 g/mol. The minimum absolute atomic E-state index is 0.00181. The summed E-state index contributed by atoms with van der Waals surface area (Å²) in [6.45, 7) is 2.11. The van der Waals surface area contributed by atoms with Gasteiger partial charge in [-0.05, 0) is 24.6 Å². The lowest BCUT2D eigenvalue weighted by Gasteiger charge is -2.06. The molecule has 2 aromatic rings. The molecule has 7 heteroatoms.